The van der Waals surface area contributed by atoms with E-state index in [2.05, 4.69) is 10.2 Å². The third-order valence-corrected chi connectivity index (χ3v) is 2.12. The molecule has 2 aromatic rings. The lowest BCUT2D eigenvalue weighted by Crippen LogP contribution is -2.02. The summed E-state index contributed by atoms with van der Waals surface area (Å²) in [5.41, 5.74) is 5.33. The van der Waals surface area contributed by atoms with Crippen LogP contribution in [0.5, 0.6) is 5.75 Å². The number of hydrogen-bond donors (Lipinski definition) is 1. The summed E-state index contributed by atoms with van der Waals surface area (Å²) in [5.74, 6) is -1.04. The lowest BCUT2D eigenvalue weighted by molar-refractivity contribution is 0.257. The minimum absolute atomic E-state index is 0.0113. The van der Waals surface area contributed by atoms with Gasteiger partial charge >= 0.3 is 0 Å². The average molecular weight is 255 g/mol. The van der Waals surface area contributed by atoms with Crippen LogP contribution >= 0.6 is 0 Å². The van der Waals surface area contributed by atoms with Gasteiger partial charge in [-0.05, 0) is 12.1 Å². The van der Waals surface area contributed by atoms with E-state index in [-0.39, 0.29) is 18.2 Å². The Hall–Kier alpha value is -2.02. The second kappa shape index (κ2) is 5.54. The summed E-state index contributed by atoms with van der Waals surface area (Å²) in [6, 6.07) is 3.25. The highest BCUT2D eigenvalue weighted by molar-refractivity contribution is 5.23. The highest BCUT2D eigenvalue weighted by Crippen LogP contribution is 2.16. The van der Waals surface area contributed by atoms with Crippen molar-refractivity contribution in [2.24, 2.45) is 5.73 Å². The van der Waals surface area contributed by atoms with Crippen LogP contribution in [-0.4, -0.2) is 16.7 Å². The van der Waals surface area contributed by atoms with Crippen molar-refractivity contribution in [1.82, 2.24) is 10.2 Å². The maximum absolute atomic E-state index is 12.9. The number of rotatable bonds is 5. The molecule has 0 radical (unpaired) electrons. The van der Waals surface area contributed by atoms with Crippen molar-refractivity contribution in [2.75, 3.05) is 6.54 Å². The van der Waals surface area contributed by atoms with Crippen molar-refractivity contribution in [3.05, 3.63) is 41.6 Å². The number of benzene rings is 1. The van der Waals surface area contributed by atoms with Gasteiger partial charge in [0.2, 0.25) is 5.89 Å². The number of nitrogens with two attached hydrogens (primary N) is 1. The van der Waals surface area contributed by atoms with Gasteiger partial charge < -0.3 is 14.9 Å². The van der Waals surface area contributed by atoms with E-state index < -0.39 is 11.6 Å². The van der Waals surface area contributed by atoms with Crippen molar-refractivity contribution in [1.29, 1.82) is 0 Å². The van der Waals surface area contributed by atoms with E-state index in [1.807, 2.05) is 0 Å². The van der Waals surface area contributed by atoms with Crippen LogP contribution in [-0.2, 0) is 13.0 Å². The Bertz CT molecular complexity index is 531. The molecule has 0 fully saturated rings. The summed E-state index contributed by atoms with van der Waals surface area (Å²) in [4.78, 5) is 0. The molecule has 1 heterocycles. The van der Waals surface area contributed by atoms with Gasteiger partial charge in [-0.1, -0.05) is 0 Å². The fraction of sp³-hybridized carbons (Fsp3) is 0.273. The zero-order valence-corrected chi connectivity index (χ0v) is 9.40. The number of aromatic nitrogens is 2. The van der Waals surface area contributed by atoms with Crippen LogP contribution in [0.2, 0.25) is 0 Å². The van der Waals surface area contributed by atoms with Crippen LogP contribution in [0.15, 0.2) is 22.6 Å². The first-order chi connectivity index (χ1) is 8.69. The van der Waals surface area contributed by atoms with Crippen LogP contribution < -0.4 is 10.5 Å². The number of halogens is 2. The fourth-order valence-electron chi connectivity index (χ4n) is 1.28. The Morgan fingerprint density at radius 3 is 2.67 bits per heavy atom. The average Bonchev–Trinajstić information content (AvgIpc) is 2.79. The Morgan fingerprint density at radius 2 is 1.94 bits per heavy atom. The Kier molecular flexibility index (Phi) is 3.83. The van der Waals surface area contributed by atoms with Crippen molar-refractivity contribution in [3.63, 3.8) is 0 Å². The van der Waals surface area contributed by atoms with Gasteiger partial charge in [0.15, 0.2) is 18.2 Å². The summed E-state index contributed by atoms with van der Waals surface area (Å²) in [5, 5.41) is 7.46. The second-order valence-electron chi connectivity index (χ2n) is 3.49. The quantitative estimate of drug-likeness (QED) is 0.874. The van der Waals surface area contributed by atoms with E-state index in [0.29, 0.717) is 18.9 Å². The molecular weight excluding hydrogens is 244 g/mol. The first kappa shape index (κ1) is 12.4. The standard InChI is InChI=1S/C11H11F2N3O2/c12-8-2-1-7(5-9(8)13)17-6-11-16-15-10(18-11)3-4-14/h1-2,5H,3-4,6,14H2. The molecule has 1 aromatic heterocycles. The van der Waals surface area contributed by atoms with Crippen LogP contribution in [0.25, 0.3) is 0 Å². The van der Waals surface area contributed by atoms with Crippen molar-refractivity contribution in [2.45, 2.75) is 13.0 Å². The van der Waals surface area contributed by atoms with Gasteiger partial charge in [-0.3, -0.25) is 0 Å². The first-order valence-electron chi connectivity index (χ1n) is 5.28. The zero-order chi connectivity index (χ0) is 13.0. The molecule has 0 spiro atoms. The Labute approximate surface area is 102 Å². The van der Waals surface area contributed by atoms with Gasteiger partial charge in [0.05, 0.1) is 0 Å². The molecule has 7 heteroatoms. The van der Waals surface area contributed by atoms with E-state index in [1.165, 1.54) is 6.07 Å². The molecule has 0 saturated heterocycles. The van der Waals surface area contributed by atoms with Crippen LogP contribution in [0.4, 0.5) is 8.78 Å². The molecule has 0 aliphatic rings. The maximum atomic E-state index is 12.9. The second-order valence-corrected chi connectivity index (χ2v) is 3.49. The molecule has 2 rings (SSSR count). The van der Waals surface area contributed by atoms with Crippen molar-refractivity contribution >= 4 is 0 Å². The number of nitrogens with zero attached hydrogens (tertiary/aromatic N) is 2. The molecular formula is C11H11F2N3O2. The molecule has 0 saturated carbocycles. The molecule has 18 heavy (non-hydrogen) atoms. The lowest BCUT2D eigenvalue weighted by atomic mass is 10.3. The molecule has 0 unspecified atom stereocenters. The van der Waals surface area contributed by atoms with Gasteiger partial charge in [0, 0.05) is 19.0 Å². The SMILES string of the molecule is NCCc1nnc(COc2ccc(F)c(F)c2)o1. The van der Waals surface area contributed by atoms with E-state index in [4.69, 9.17) is 14.9 Å². The fourth-order valence-corrected chi connectivity index (χ4v) is 1.28. The zero-order valence-electron chi connectivity index (χ0n) is 9.40. The number of ether oxygens (including phenoxy) is 1. The Balaban J connectivity index is 1.95. The predicted molar refractivity (Wildman–Crippen MR) is 57.7 cm³/mol. The third-order valence-electron chi connectivity index (χ3n) is 2.12. The van der Waals surface area contributed by atoms with Crippen LogP contribution in [0.3, 0.4) is 0 Å². The highest BCUT2D eigenvalue weighted by atomic mass is 19.2. The first-order valence-corrected chi connectivity index (χ1v) is 5.28. The summed E-state index contributed by atoms with van der Waals surface area (Å²) in [6.07, 6.45) is 0.484. The molecule has 1 aromatic carbocycles. The summed E-state index contributed by atoms with van der Waals surface area (Å²) < 4.78 is 35.9. The largest absolute Gasteiger partial charge is 0.484 e. The summed E-state index contributed by atoms with van der Waals surface area (Å²) in [6.45, 7) is 0.397. The normalized spacial score (nSPS) is 10.6. The van der Waals surface area contributed by atoms with E-state index in [9.17, 15) is 8.78 Å². The molecule has 2 N–H and O–H groups in total. The van der Waals surface area contributed by atoms with Crippen LogP contribution in [0.1, 0.15) is 11.8 Å². The summed E-state index contributed by atoms with van der Waals surface area (Å²) in [7, 11) is 0. The smallest absolute Gasteiger partial charge is 0.253 e. The molecule has 0 aliphatic heterocycles. The van der Waals surface area contributed by atoms with E-state index in [1.54, 1.807) is 0 Å². The molecule has 0 bridgehead atoms. The predicted octanol–water partition coefficient (Wildman–Crippen LogP) is 1.43. The van der Waals surface area contributed by atoms with E-state index in [0.717, 1.165) is 12.1 Å². The summed E-state index contributed by atoms with van der Waals surface area (Å²) >= 11 is 0. The van der Waals surface area contributed by atoms with Crippen molar-refractivity contribution < 1.29 is 17.9 Å². The molecule has 0 atom stereocenters. The lowest BCUT2D eigenvalue weighted by Gasteiger charge is -2.03. The van der Waals surface area contributed by atoms with Gasteiger partial charge in [-0.25, -0.2) is 8.78 Å². The Morgan fingerprint density at radius 1 is 1.17 bits per heavy atom. The minimum atomic E-state index is -0.971. The molecule has 5 nitrogen and oxygen atoms in total. The molecule has 96 valence electrons. The van der Waals surface area contributed by atoms with E-state index >= 15 is 0 Å². The topological polar surface area (TPSA) is 74.2 Å². The molecule has 0 aliphatic carbocycles. The minimum Gasteiger partial charge on any atom is -0.484 e. The monoisotopic (exact) mass is 255 g/mol. The highest BCUT2D eigenvalue weighted by Gasteiger charge is 2.07. The number of hydrogen-bond acceptors (Lipinski definition) is 5. The maximum Gasteiger partial charge on any atom is 0.253 e. The van der Waals surface area contributed by atoms with Gasteiger partial charge in [-0.2, -0.15) is 0 Å². The molecule has 0 amide bonds. The van der Waals surface area contributed by atoms with Crippen molar-refractivity contribution in [3.8, 4) is 5.75 Å². The third kappa shape index (κ3) is 3.01. The van der Waals surface area contributed by atoms with Gasteiger partial charge in [0.25, 0.3) is 5.89 Å². The van der Waals surface area contributed by atoms with Gasteiger partial charge in [0.1, 0.15) is 5.75 Å². The van der Waals surface area contributed by atoms with Gasteiger partial charge in [-0.15, -0.1) is 10.2 Å². The van der Waals surface area contributed by atoms with Crippen LogP contribution in [0, 0.1) is 11.6 Å².